The molecule has 0 amide bonds. The number of fused-ring (bicyclic) bond motifs is 1. The number of carbonyl (C=O) groups is 1. The maximum Gasteiger partial charge on any atom is 0.309 e. The number of aliphatic carboxylic acids is 1. The van der Waals surface area contributed by atoms with Gasteiger partial charge in [0.25, 0.3) is 0 Å². The summed E-state index contributed by atoms with van der Waals surface area (Å²) in [5.74, 6) is 1.88. The average Bonchev–Trinajstić information content (AvgIpc) is 2.76. The highest BCUT2D eigenvalue weighted by atomic mass is 16.5. The van der Waals surface area contributed by atoms with Crippen LogP contribution < -0.4 is 0 Å². The van der Waals surface area contributed by atoms with E-state index in [1.54, 1.807) is 19.4 Å². The Morgan fingerprint density at radius 1 is 1.17 bits per heavy atom. The van der Waals surface area contributed by atoms with Crippen molar-refractivity contribution < 1.29 is 19.7 Å². The molecule has 1 saturated heterocycles. The van der Waals surface area contributed by atoms with Crippen molar-refractivity contribution in [3.63, 3.8) is 0 Å². The molecule has 0 aromatic heterocycles. The fraction of sp³-hybridized carbons (Fsp3) is 0.808. The number of hydrogen-bond acceptors (Lipinski definition) is 3. The highest BCUT2D eigenvalue weighted by molar-refractivity contribution is 5.73. The lowest BCUT2D eigenvalue weighted by atomic mass is 9.69. The Labute approximate surface area is 185 Å². The third kappa shape index (κ3) is 10.3. The third-order valence-corrected chi connectivity index (χ3v) is 6.44. The predicted molar refractivity (Wildman–Crippen MR) is 127 cm³/mol. The number of carboxylic acid groups (broad SMARTS) is 1. The summed E-state index contributed by atoms with van der Waals surface area (Å²) in [6.07, 6.45) is 15.0. The number of rotatable bonds is 3. The van der Waals surface area contributed by atoms with Crippen LogP contribution in [0.5, 0.6) is 0 Å². The van der Waals surface area contributed by atoms with Crippen LogP contribution in [0.4, 0.5) is 0 Å². The van der Waals surface area contributed by atoms with Gasteiger partial charge in [0, 0.05) is 13.2 Å². The summed E-state index contributed by atoms with van der Waals surface area (Å²) in [4.78, 5) is 10.3. The molecule has 3 aliphatic rings. The maximum atomic E-state index is 10.3. The SMILES string of the molecule is CC.CCC(C)(C)C(=O)O.CCC1C(C)C=CC2=CCCCC21.OC1CCOCC1. The second-order valence-electron chi connectivity index (χ2n) is 8.92. The van der Waals surface area contributed by atoms with Gasteiger partial charge in [-0.15, -0.1) is 0 Å². The Balaban J connectivity index is 0.000000430. The lowest BCUT2D eigenvalue weighted by Gasteiger charge is -2.36. The normalized spacial score (nSPS) is 25.7. The van der Waals surface area contributed by atoms with Gasteiger partial charge >= 0.3 is 5.97 Å². The predicted octanol–water partition coefficient (Wildman–Crippen LogP) is 6.64. The van der Waals surface area contributed by atoms with Gasteiger partial charge in [-0.3, -0.25) is 4.79 Å². The standard InChI is InChI=1S/C13H20.C6H12O2.C5H10O2.C2H6/c1-3-12-10(2)8-9-11-6-4-5-7-13(11)12;1-4-6(2,3)5(7)8;6-5-1-3-7-4-2-5;1-2/h6,8-10,12-13H,3-5,7H2,1-2H3;4H2,1-3H3,(H,7,8);5-6H,1-4H2;1-2H3. The molecule has 0 saturated carbocycles. The molecule has 3 rings (SSSR count). The molecule has 0 bridgehead atoms. The van der Waals surface area contributed by atoms with Crippen molar-refractivity contribution in [2.45, 2.75) is 99.5 Å². The first-order valence-electron chi connectivity index (χ1n) is 12.1. The van der Waals surface area contributed by atoms with E-state index < -0.39 is 11.4 Å². The van der Waals surface area contributed by atoms with Crippen molar-refractivity contribution in [3.8, 4) is 0 Å². The van der Waals surface area contributed by atoms with Crippen LogP contribution >= 0.6 is 0 Å². The van der Waals surface area contributed by atoms with Crippen LogP contribution in [0.2, 0.25) is 0 Å². The zero-order chi connectivity index (χ0) is 23.2. The molecule has 176 valence electrons. The van der Waals surface area contributed by atoms with Crippen molar-refractivity contribution >= 4 is 5.97 Å². The van der Waals surface area contributed by atoms with Crippen LogP contribution in [-0.4, -0.2) is 35.5 Å². The molecule has 2 N–H and O–H groups in total. The zero-order valence-corrected chi connectivity index (χ0v) is 20.6. The van der Waals surface area contributed by atoms with Crippen LogP contribution in [0.25, 0.3) is 0 Å². The fourth-order valence-corrected chi connectivity index (χ4v) is 3.84. The van der Waals surface area contributed by atoms with Gasteiger partial charge in [-0.25, -0.2) is 0 Å². The van der Waals surface area contributed by atoms with Crippen molar-refractivity contribution in [1.82, 2.24) is 0 Å². The second-order valence-corrected chi connectivity index (χ2v) is 8.92. The van der Waals surface area contributed by atoms with E-state index in [9.17, 15) is 4.79 Å². The molecular weight excluding hydrogens is 376 g/mol. The highest BCUT2D eigenvalue weighted by Gasteiger charge is 2.30. The van der Waals surface area contributed by atoms with Gasteiger partial charge in [0.1, 0.15) is 0 Å². The van der Waals surface area contributed by atoms with Crippen molar-refractivity contribution in [1.29, 1.82) is 0 Å². The smallest absolute Gasteiger partial charge is 0.309 e. The molecule has 4 heteroatoms. The van der Waals surface area contributed by atoms with Crippen LogP contribution in [0.3, 0.4) is 0 Å². The van der Waals surface area contributed by atoms with Gasteiger partial charge in [0.15, 0.2) is 0 Å². The molecule has 0 spiro atoms. The topological polar surface area (TPSA) is 66.8 Å². The second kappa shape index (κ2) is 15.6. The van der Waals surface area contributed by atoms with E-state index in [1.165, 1.54) is 25.7 Å². The van der Waals surface area contributed by atoms with Crippen LogP contribution in [-0.2, 0) is 9.53 Å². The fourth-order valence-electron chi connectivity index (χ4n) is 3.84. The first-order chi connectivity index (χ1) is 14.2. The molecule has 3 atom stereocenters. The summed E-state index contributed by atoms with van der Waals surface area (Å²) in [6.45, 7) is 15.5. The highest BCUT2D eigenvalue weighted by Crippen LogP contribution is 2.41. The molecule has 0 radical (unpaired) electrons. The van der Waals surface area contributed by atoms with Crippen LogP contribution in [0.1, 0.15) is 93.4 Å². The van der Waals surface area contributed by atoms with Gasteiger partial charge in [0.2, 0.25) is 0 Å². The number of allylic oxidation sites excluding steroid dienone is 4. The number of hydrogen-bond donors (Lipinski definition) is 2. The van der Waals surface area contributed by atoms with E-state index in [-0.39, 0.29) is 6.10 Å². The van der Waals surface area contributed by atoms with Gasteiger partial charge in [0.05, 0.1) is 11.5 Å². The minimum absolute atomic E-state index is 0.0891. The number of aliphatic hydroxyl groups excluding tert-OH is 1. The summed E-state index contributed by atoms with van der Waals surface area (Å²) in [5, 5.41) is 17.3. The first kappa shape index (κ1) is 28.9. The summed E-state index contributed by atoms with van der Waals surface area (Å²) < 4.78 is 4.98. The Bertz CT molecular complexity index is 515. The van der Waals surface area contributed by atoms with Crippen molar-refractivity contribution in [2.75, 3.05) is 13.2 Å². The molecule has 3 unspecified atom stereocenters. The van der Waals surface area contributed by atoms with E-state index in [2.05, 4.69) is 32.1 Å². The molecular formula is C26H48O4. The van der Waals surface area contributed by atoms with E-state index in [0.29, 0.717) is 6.42 Å². The molecule has 1 fully saturated rings. The lowest BCUT2D eigenvalue weighted by Crippen LogP contribution is -2.26. The summed E-state index contributed by atoms with van der Waals surface area (Å²) in [6, 6.07) is 0. The molecule has 0 aromatic rings. The molecule has 2 aliphatic carbocycles. The summed E-state index contributed by atoms with van der Waals surface area (Å²) in [5.41, 5.74) is 1.09. The Morgan fingerprint density at radius 3 is 2.17 bits per heavy atom. The van der Waals surface area contributed by atoms with Crippen LogP contribution in [0.15, 0.2) is 23.8 Å². The first-order valence-corrected chi connectivity index (χ1v) is 12.1. The van der Waals surface area contributed by atoms with E-state index in [0.717, 1.165) is 43.8 Å². The minimum atomic E-state index is -0.722. The Morgan fingerprint density at radius 2 is 1.77 bits per heavy atom. The zero-order valence-electron chi connectivity index (χ0n) is 20.6. The number of aliphatic hydroxyl groups is 1. The summed E-state index contributed by atoms with van der Waals surface area (Å²) >= 11 is 0. The van der Waals surface area contributed by atoms with Gasteiger partial charge in [-0.2, -0.15) is 0 Å². The van der Waals surface area contributed by atoms with Gasteiger partial charge in [-0.05, 0) is 75.7 Å². The van der Waals surface area contributed by atoms with Gasteiger partial charge < -0.3 is 14.9 Å². The molecule has 1 heterocycles. The summed E-state index contributed by atoms with van der Waals surface area (Å²) in [7, 11) is 0. The number of ether oxygens (including phenoxy) is 1. The monoisotopic (exact) mass is 424 g/mol. The molecule has 4 nitrogen and oxygen atoms in total. The van der Waals surface area contributed by atoms with E-state index in [1.807, 2.05) is 20.8 Å². The van der Waals surface area contributed by atoms with E-state index >= 15 is 0 Å². The number of carboxylic acids is 1. The van der Waals surface area contributed by atoms with Crippen molar-refractivity contribution in [2.24, 2.45) is 23.2 Å². The quantitative estimate of drug-likeness (QED) is 0.533. The van der Waals surface area contributed by atoms with Crippen molar-refractivity contribution in [3.05, 3.63) is 23.8 Å². The average molecular weight is 425 g/mol. The molecule has 0 aromatic carbocycles. The third-order valence-electron chi connectivity index (χ3n) is 6.44. The Hall–Kier alpha value is -1.13. The molecule has 1 aliphatic heterocycles. The van der Waals surface area contributed by atoms with E-state index in [4.69, 9.17) is 14.9 Å². The van der Waals surface area contributed by atoms with Gasteiger partial charge in [-0.1, -0.05) is 59.3 Å². The van der Waals surface area contributed by atoms with Crippen LogP contribution in [0, 0.1) is 23.2 Å². The lowest BCUT2D eigenvalue weighted by molar-refractivity contribution is -0.147. The largest absolute Gasteiger partial charge is 0.481 e. The minimum Gasteiger partial charge on any atom is -0.481 e. The Kier molecular flexibility index (Phi) is 15.0. The maximum absolute atomic E-state index is 10.3. The molecule has 30 heavy (non-hydrogen) atoms.